The number of amides is 2. The van der Waals surface area contributed by atoms with E-state index in [9.17, 15) is 9.59 Å². The van der Waals surface area contributed by atoms with Crippen LogP contribution in [0.25, 0.3) is 11.4 Å². The van der Waals surface area contributed by atoms with Gasteiger partial charge in [-0.15, -0.1) is 0 Å². The molecule has 0 radical (unpaired) electrons. The highest BCUT2D eigenvalue weighted by Crippen LogP contribution is 2.26. The number of halogens is 1. The number of nitrogens with zero attached hydrogens (tertiary/aromatic N) is 4. The zero-order valence-electron chi connectivity index (χ0n) is 19.9. The second-order valence-corrected chi connectivity index (χ2v) is 10.4. The number of piperidine rings is 1. The van der Waals surface area contributed by atoms with Crippen molar-refractivity contribution in [2.24, 2.45) is 11.8 Å². The molecular weight excluding hydrogens is 458 g/mol. The van der Waals surface area contributed by atoms with Gasteiger partial charge in [-0.1, -0.05) is 16.8 Å². The molecule has 34 heavy (non-hydrogen) atoms. The number of benzene rings is 1. The number of anilines is 1. The molecule has 2 amide bonds. The first-order chi connectivity index (χ1) is 16.2. The van der Waals surface area contributed by atoms with E-state index in [1.807, 2.05) is 37.8 Å². The van der Waals surface area contributed by atoms with E-state index in [2.05, 4.69) is 15.5 Å². The predicted molar refractivity (Wildman–Crippen MR) is 129 cm³/mol. The van der Waals surface area contributed by atoms with E-state index < -0.39 is 5.60 Å². The Morgan fingerprint density at radius 3 is 2.53 bits per heavy atom. The molecule has 1 aromatic carbocycles. The quantitative estimate of drug-likeness (QED) is 0.677. The Hall–Kier alpha value is -2.81. The minimum Gasteiger partial charge on any atom is -0.444 e. The van der Waals surface area contributed by atoms with Gasteiger partial charge in [-0.2, -0.15) is 4.98 Å². The van der Waals surface area contributed by atoms with Crippen molar-refractivity contribution in [2.75, 3.05) is 37.6 Å². The van der Waals surface area contributed by atoms with E-state index in [1.54, 1.807) is 17.0 Å². The lowest BCUT2D eigenvalue weighted by molar-refractivity contribution is -0.125. The zero-order chi connectivity index (χ0) is 24.3. The molecule has 1 aromatic heterocycles. The van der Waals surface area contributed by atoms with Gasteiger partial charge < -0.3 is 24.4 Å². The topological polar surface area (TPSA) is 101 Å². The van der Waals surface area contributed by atoms with Gasteiger partial charge in [-0.25, -0.2) is 4.79 Å². The van der Waals surface area contributed by atoms with E-state index >= 15 is 0 Å². The first-order valence-corrected chi connectivity index (χ1v) is 12.2. The lowest BCUT2D eigenvalue weighted by atomic mass is 9.96. The fourth-order valence-corrected chi connectivity index (χ4v) is 4.40. The van der Waals surface area contributed by atoms with Crippen LogP contribution in [0.4, 0.5) is 10.8 Å². The van der Waals surface area contributed by atoms with Crippen LogP contribution in [0.2, 0.25) is 5.02 Å². The van der Waals surface area contributed by atoms with E-state index in [4.69, 9.17) is 20.9 Å². The highest BCUT2D eigenvalue weighted by atomic mass is 35.5. The molecule has 2 aliphatic rings. The van der Waals surface area contributed by atoms with Crippen LogP contribution in [0, 0.1) is 11.8 Å². The van der Waals surface area contributed by atoms with Crippen molar-refractivity contribution in [3.8, 4) is 11.4 Å². The van der Waals surface area contributed by atoms with Gasteiger partial charge in [0.05, 0.1) is 0 Å². The lowest BCUT2D eigenvalue weighted by Crippen LogP contribution is -2.42. The maximum atomic E-state index is 12.7. The smallest absolute Gasteiger partial charge is 0.410 e. The number of carbonyl (C=O) groups excluding carboxylic acids is 2. The second kappa shape index (κ2) is 10.2. The Kier molecular flexibility index (Phi) is 7.30. The van der Waals surface area contributed by atoms with E-state index in [1.165, 1.54) is 0 Å². The molecule has 4 rings (SSSR count). The molecule has 0 spiro atoms. The van der Waals surface area contributed by atoms with Gasteiger partial charge in [-0.05, 0) is 70.2 Å². The molecule has 9 nitrogen and oxygen atoms in total. The van der Waals surface area contributed by atoms with Gasteiger partial charge in [0.2, 0.25) is 11.7 Å². The summed E-state index contributed by atoms with van der Waals surface area (Å²) in [4.78, 5) is 33.2. The van der Waals surface area contributed by atoms with Gasteiger partial charge in [0.1, 0.15) is 5.60 Å². The van der Waals surface area contributed by atoms with Crippen molar-refractivity contribution in [3.63, 3.8) is 0 Å². The number of carbonyl (C=O) groups is 2. The molecule has 0 unspecified atom stereocenters. The molecule has 0 bridgehead atoms. The fraction of sp³-hybridized carbons (Fsp3) is 0.583. The van der Waals surface area contributed by atoms with Gasteiger partial charge >= 0.3 is 12.1 Å². The molecular formula is C24H32ClN5O4. The molecule has 184 valence electrons. The molecule has 2 aromatic rings. The molecule has 1 atom stereocenters. The minimum atomic E-state index is -0.503. The van der Waals surface area contributed by atoms with Crippen LogP contribution in [0.5, 0.6) is 0 Å². The van der Waals surface area contributed by atoms with E-state index in [0.717, 1.165) is 24.8 Å². The zero-order valence-corrected chi connectivity index (χ0v) is 20.7. The number of ether oxygens (including phenoxy) is 1. The SMILES string of the molecule is CC(C)(C)OC(=O)N1CC[C@H](CNC(=O)C2CCN(c3nc(-c4ccc(Cl)cc4)no3)CC2)C1. The lowest BCUT2D eigenvalue weighted by Gasteiger charge is -2.30. The summed E-state index contributed by atoms with van der Waals surface area (Å²) >= 11 is 5.94. The second-order valence-electron chi connectivity index (χ2n) is 9.99. The summed E-state index contributed by atoms with van der Waals surface area (Å²) in [5.41, 5.74) is 0.336. The molecule has 3 heterocycles. The average molecular weight is 490 g/mol. The van der Waals surface area contributed by atoms with Gasteiger partial charge in [0.15, 0.2) is 0 Å². The van der Waals surface area contributed by atoms with Crippen molar-refractivity contribution in [1.82, 2.24) is 20.4 Å². The third-order valence-electron chi connectivity index (χ3n) is 6.16. The first kappa shape index (κ1) is 24.3. The maximum Gasteiger partial charge on any atom is 0.410 e. The standard InChI is InChI=1S/C24H32ClN5O4/c1-24(2,3)33-23(32)30-11-8-16(15-30)14-26-21(31)18-9-12-29(13-10-18)22-27-20(28-34-22)17-4-6-19(25)7-5-17/h4-7,16,18H,8-15H2,1-3H3,(H,26,31)/t16-/m1/s1. The Morgan fingerprint density at radius 1 is 1.15 bits per heavy atom. The summed E-state index contributed by atoms with van der Waals surface area (Å²) in [6.07, 6.45) is 2.03. The van der Waals surface area contributed by atoms with Crippen LogP contribution in [0.15, 0.2) is 28.8 Å². The van der Waals surface area contributed by atoms with Crippen LogP contribution in [0.3, 0.4) is 0 Å². The Labute approximate surface area is 204 Å². The number of aromatic nitrogens is 2. The van der Waals surface area contributed by atoms with Crippen molar-refractivity contribution >= 4 is 29.6 Å². The van der Waals surface area contributed by atoms with E-state index in [-0.39, 0.29) is 23.8 Å². The highest BCUT2D eigenvalue weighted by molar-refractivity contribution is 6.30. The number of likely N-dealkylation sites (tertiary alicyclic amines) is 1. The summed E-state index contributed by atoms with van der Waals surface area (Å²) < 4.78 is 10.9. The molecule has 2 saturated heterocycles. The third-order valence-corrected chi connectivity index (χ3v) is 6.41. The Bertz CT molecular complexity index is 996. The molecule has 1 N–H and O–H groups in total. The van der Waals surface area contributed by atoms with Crippen molar-refractivity contribution < 1.29 is 18.8 Å². The predicted octanol–water partition coefficient (Wildman–Crippen LogP) is 3.98. The van der Waals surface area contributed by atoms with Crippen LogP contribution in [-0.2, 0) is 9.53 Å². The summed E-state index contributed by atoms with van der Waals surface area (Å²) in [6, 6.07) is 7.75. The van der Waals surface area contributed by atoms with Gasteiger partial charge in [0, 0.05) is 49.2 Å². The molecule has 2 fully saturated rings. The van der Waals surface area contributed by atoms with Crippen LogP contribution >= 0.6 is 11.6 Å². The third kappa shape index (κ3) is 6.20. The van der Waals surface area contributed by atoms with Gasteiger partial charge in [-0.3, -0.25) is 4.79 Å². The fourth-order valence-electron chi connectivity index (χ4n) is 4.27. The highest BCUT2D eigenvalue weighted by Gasteiger charge is 2.31. The first-order valence-electron chi connectivity index (χ1n) is 11.8. The molecule has 0 aliphatic carbocycles. The largest absolute Gasteiger partial charge is 0.444 e. The van der Waals surface area contributed by atoms with E-state index in [0.29, 0.717) is 49.6 Å². The normalized spacial score (nSPS) is 19.4. The summed E-state index contributed by atoms with van der Waals surface area (Å²) in [5.74, 6) is 0.797. The summed E-state index contributed by atoms with van der Waals surface area (Å²) in [5, 5.41) is 7.81. The Balaban J connectivity index is 1.20. The van der Waals surface area contributed by atoms with Crippen LogP contribution < -0.4 is 10.2 Å². The van der Waals surface area contributed by atoms with Crippen LogP contribution in [0.1, 0.15) is 40.0 Å². The Morgan fingerprint density at radius 2 is 1.85 bits per heavy atom. The number of hydrogen-bond acceptors (Lipinski definition) is 7. The maximum absolute atomic E-state index is 12.7. The number of hydrogen-bond donors (Lipinski definition) is 1. The number of rotatable bonds is 5. The minimum absolute atomic E-state index is 0.0433. The van der Waals surface area contributed by atoms with Crippen molar-refractivity contribution in [2.45, 2.75) is 45.6 Å². The number of nitrogens with one attached hydrogen (secondary N) is 1. The van der Waals surface area contributed by atoms with Crippen LogP contribution in [-0.4, -0.2) is 65.4 Å². The molecule has 2 aliphatic heterocycles. The molecule has 0 saturated carbocycles. The summed E-state index contributed by atoms with van der Waals surface area (Å²) in [6.45, 7) is 8.79. The monoisotopic (exact) mass is 489 g/mol. The molecule has 10 heteroatoms. The summed E-state index contributed by atoms with van der Waals surface area (Å²) in [7, 11) is 0. The van der Waals surface area contributed by atoms with Crippen molar-refractivity contribution in [3.05, 3.63) is 29.3 Å². The van der Waals surface area contributed by atoms with Crippen molar-refractivity contribution in [1.29, 1.82) is 0 Å². The van der Waals surface area contributed by atoms with Gasteiger partial charge in [0.25, 0.3) is 0 Å². The average Bonchev–Trinajstić information content (AvgIpc) is 3.47.